The number of nitrogens with one attached hydrogen (secondary N) is 1. The maximum atomic E-state index is 11.3. The van der Waals surface area contributed by atoms with E-state index in [-0.39, 0.29) is 17.4 Å². The van der Waals surface area contributed by atoms with Gasteiger partial charge in [0.05, 0.1) is 6.04 Å². The predicted molar refractivity (Wildman–Crippen MR) is 63.5 cm³/mol. The standard InChI is InChI=1S/C13H21NO/c1-5-12(15)14-11-9-7-6-8-10(11)13(2,3)4/h5,8,11H,1,6-7,9H2,2-4H3,(H,14,15). The number of amides is 1. The third-order valence-corrected chi connectivity index (χ3v) is 2.80. The normalized spacial score (nSPS) is 21.8. The van der Waals surface area contributed by atoms with Crippen LogP contribution in [0.1, 0.15) is 40.0 Å². The molecule has 0 aliphatic heterocycles. The molecule has 0 aromatic rings. The molecule has 0 radical (unpaired) electrons. The summed E-state index contributed by atoms with van der Waals surface area (Å²) in [7, 11) is 0. The number of carbonyl (C=O) groups excluding carboxylic acids is 1. The summed E-state index contributed by atoms with van der Waals surface area (Å²) in [6.45, 7) is 10.1. The van der Waals surface area contributed by atoms with Crippen LogP contribution in [-0.4, -0.2) is 11.9 Å². The summed E-state index contributed by atoms with van der Waals surface area (Å²) >= 11 is 0. The van der Waals surface area contributed by atoms with E-state index in [0.717, 1.165) is 19.3 Å². The van der Waals surface area contributed by atoms with Crippen molar-refractivity contribution in [1.29, 1.82) is 0 Å². The summed E-state index contributed by atoms with van der Waals surface area (Å²) in [5.74, 6) is -0.0722. The Bertz CT molecular complexity index is 283. The first-order chi connectivity index (χ1) is 6.95. The highest BCUT2D eigenvalue weighted by Crippen LogP contribution is 2.33. The molecule has 1 atom stereocenters. The van der Waals surface area contributed by atoms with E-state index in [1.54, 1.807) is 0 Å². The average molecular weight is 207 g/mol. The minimum atomic E-state index is -0.0722. The molecule has 1 rings (SSSR count). The van der Waals surface area contributed by atoms with Gasteiger partial charge in [0.25, 0.3) is 0 Å². The lowest BCUT2D eigenvalue weighted by molar-refractivity contribution is -0.117. The Labute approximate surface area is 92.4 Å². The molecular weight excluding hydrogens is 186 g/mol. The molecule has 0 saturated carbocycles. The van der Waals surface area contributed by atoms with Crippen LogP contribution in [0.15, 0.2) is 24.3 Å². The van der Waals surface area contributed by atoms with Crippen molar-refractivity contribution in [3.05, 3.63) is 24.3 Å². The Balaban J connectivity index is 2.78. The third-order valence-electron chi connectivity index (χ3n) is 2.80. The minimum absolute atomic E-state index is 0.0722. The van der Waals surface area contributed by atoms with Gasteiger partial charge in [-0.3, -0.25) is 4.79 Å². The second-order valence-electron chi connectivity index (χ2n) is 5.11. The van der Waals surface area contributed by atoms with Crippen LogP contribution in [-0.2, 0) is 4.79 Å². The summed E-state index contributed by atoms with van der Waals surface area (Å²) in [5, 5.41) is 3.00. The Morgan fingerprint density at radius 1 is 1.60 bits per heavy atom. The molecule has 1 aliphatic carbocycles. The van der Waals surface area contributed by atoms with E-state index in [9.17, 15) is 4.79 Å². The number of carbonyl (C=O) groups is 1. The van der Waals surface area contributed by atoms with Gasteiger partial charge >= 0.3 is 0 Å². The SMILES string of the molecule is C=CC(=O)NC1CCCC=C1C(C)(C)C. The van der Waals surface area contributed by atoms with Crippen LogP contribution in [0.25, 0.3) is 0 Å². The molecule has 0 bridgehead atoms. The quantitative estimate of drug-likeness (QED) is 0.547. The monoisotopic (exact) mass is 207 g/mol. The molecule has 0 aromatic carbocycles. The van der Waals surface area contributed by atoms with Crippen LogP contribution in [0.4, 0.5) is 0 Å². The van der Waals surface area contributed by atoms with Gasteiger partial charge in [0.2, 0.25) is 5.91 Å². The first-order valence-corrected chi connectivity index (χ1v) is 5.58. The van der Waals surface area contributed by atoms with Crippen LogP contribution in [0, 0.1) is 5.41 Å². The summed E-state index contributed by atoms with van der Waals surface area (Å²) < 4.78 is 0. The van der Waals surface area contributed by atoms with Gasteiger partial charge in [-0.2, -0.15) is 0 Å². The lowest BCUT2D eigenvalue weighted by Gasteiger charge is -2.33. The molecule has 0 spiro atoms. The Hall–Kier alpha value is -1.05. The van der Waals surface area contributed by atoms with Gasteiger partial charge in [-0.1, -0.05) is 33.4 Å². The summed E-state index contributed by atoms with van der Waals surface area (Å²) in [6.07, 6.45) is 6.95. The van der Waals surface area contributed by atoms with E-state index in [4.69, 9.17) is 0 Å². The van der Waals surface area contributed by atoms with Gasteiger partial charge in [-0.05, 0) is 36.3 Å². The molecule has 1 amide bonds. The minimum Gasteiger partial charge on any atom is -0.346 e. The van der Waals surface area contributed by atoms with Gasteiger partial charge in [0.15, 0.2) is 0 Å². The zero-order valence-electron chi connectivity index (χ0n) is 9.97. The van der Waals surface area contributed by atoms with Crippen molar-refractivity contribution in [3.8, 4) is 0 Å². The number of allylic oxidation sites excluding steroid dienone is 1. The van der Waals surface area contributed by atoms with E-state index in [0.29, 0.717) is 0 Å². The summed E-state index contributed by atoms with van der Waals surface area (Å²) in [6, 6.07) is 0.198. The van der Waals surface area contributed by atoms with Crippen molar-refractivity contribution in [2.75, 3.05) is 0 Å². The summed E-state index contributed by atoms with van der Waals surface area (Å²) in [4.78, 5) is 11.3. The smallest absolute Gasteiger partial charge is 0.243 e. The fraction of sp³-hybridized carbons (Fsp3) is 0.615. The molecule has 2 nitrogen and oxygen atoms in total. The van der Waals surface area contributed by atoms with Crippen LogP contribution < -0.4 is 5.32 Å². The predicted octanol–water partition coefficient (Wildman–Crippen LogP) is 2.81. The van der Waals surface area contributed by atoms with Crippen molar-refractivity contribution >= 4 is 5.91 Å². The third kappa shape index (κ3) is 3.22. The maximum Gasteiger partial charge on any atom is 0.243 e. The van der Waals surface area contributed by atoms with E-state index < -0.39 is 0 Å². The molecule has 2 heteroatoms. The lowest BCUT2D eigenvalue weighted by atomic mass is 9.77. The molecule has 0 saturated heterocycles. The van der Waals surface area contributed by atoms with Gasteiger partial charge < -0.3 is 5.32 Å². The van der Waals surface area contributed by atoms with Gasteiger partial charge in [0.1, 0.15) is 0 Å². The van der Waals surface area contributed by atoms with E-state index in [2.05, 4.69) is 38.7 Å². The van der Waals surface area contributed by atoms with Crippen molar-refractivity contribution in [2.45, 2.75) is 46.1 Å². The molecule has 1 unspecified atom stereocenters. The fourth-order valence-corrected chi connectivity index (χ4v) is 2.09. The first kappa shape index (κ1) is 12.0. The molecular formula is C13H21NO. The highest BCUT2D eigenvalue weighted by atomic mass is 16.1. The maximum absolute atomic E-state index is 11.3. The molecule has 0 aromatic heterocycles. The second kappa shape index (κ2) is 4.65. The van der Waals surface area contributed by atoms with Crippen LogP contribution in [0.2, 0.25) is 0 Å². The molecule has 84 valence electrons. The average Bonchev–Trinajstić information content (AvgIpc) is 2.17. The van der Waals surface area contributed by atoms with Crippen LogP contribution in [0.3, 0.4) is 0 Å². The topological polar surface area (TPSA) is 29.1 Å². The largest absolute Gasteiger partial charge is 0.346 e. The molecule has 15 heavy (non-hydrogen) atoms. The van der Waals surface area contributed by atoms with Gasteiger partial charge in [-0.15, -0.1) is 0 Å². The molecule has 0 heterocycles. The van der Waals surface area contributed by atoms with E-state index in [1.807, 2.05) is 0 Å². The number of hydrogen-bond acceptors (Lipinski definition) is 1. The molecule has 1 aliphatic rings. The summed E-state index contributed by atoms with van der Waals surface area (Å²) in [5.41, 5.74) is 1.49. The van der Waals surface area contributed by atoms with Crippen LogP contribution >= 0.6 is 0 Å². The highest BCUT2D eigenvalue weighted by molar-refractivity contribution is 5.87. The molecule has 1 N–H and O–H groups in total. The highest BCUT2D eigenvalue weighted by Gasteiger charge is 2.27. The Morgan fingerprint density at radius 3 is 2.80 bits per heavy atom. The Morgan fingerprint density at radius 2 is 2.27 bits per heavy atom. The van der Waals surface area contributed by atoms with Crippen molar-refractivity contribution in [3.63, 3.8) is 0 Å². The van der Waals surface area contributed by atoms with Crippen molar-refractivity contribution < 1.29 is 4.79 Å². The Kier molecular flexibility index (Phi) is 3.72. The second-order valence-corrected chi connectivity index (χ2v) is 5.11. The zero-order chi connectivity index (χ0) is 11.5. The van der Waals surface area contributed by atoms with Gasteiger partial charge in [-0.25, -0.2) is 0 Å². The van der Waals surface area contributed by atoms with E-state index in [1.165, 1.54) is 11.6 Å². The zero-order valence-corrected chi connectivity index (χ0v) is 9.97. The number of rotatable bonds is 2. The fourth-order valence-electron chi connectivity index (χ4n) is 2.09. The first-order valence-electron chi connectivity index (χ1n) is 5.58. The van der Waals surface area contributed by atoms with Crippen LogP contribution in [0.5, 0.6) is 0 Å². The molecule has 0 fully saturated rings. The van der Waals surface area contributed by atoms with Crippen molar-refractivity contribution in [1.82, 2.24) is 5.32 Å². The van der Waals surface area contributed by atoms with Gasteiger partial charge in [0, 0.05) is 0 Å². The number of hydrogen-bond donors (Lipinski definition) is 1. The lowest BCUT2D eigenvalue weighted by Crippen LogP contribution is -2.40. The van der Waals surface area contributed by atoms with Crippen molar-refractivity contribution in [2.24, 2.45) is 5.41 Å². The van der Waals surface area contributed by atoms with E-state index >= 15 is 0 Å².